The number of aliphatic carboxylic acids is 1. The molecule has 3 N–H and O–H groups in total. The van der Waals surface area contributed by atoms with E-state index in [1.165, 1.54) is 0 Å². The van der Waals surface area contributed by atoms with E-state index in [9.17, 15) is 32.7 Å². The van der Waals surface area contributed by atoms with Crippen molar-refractivity contribution < 1.29 is 27.5 Å². The van der Waals surface area contributed by atoms with E-state index in [2.05, 4.69) is 11.1 Å². The fourth-order valence-corrected chi connectivity index (χ4v) is 6.07. The number of alkyl halides is 3. The van der Waals surface area contributed by atoms with Crippen LogP contribution < -0.4 is 5.73 Å². The van der Waals surface area contributed by atoms with Gasteiger partial charge in [-0.25, -0.2) is 9.38 Å². The lowest BCUT2D eigenvalue weighted by Crippen LogP contribution is -2.43. The lowest BCUT2D eigenvalue weighted by atomic mass is 9.79. The van der Waals surface area contributed by atoms with Crippen molar-refractivity contribution in [2.45, 2.75) is 30.9 Å². The number of amidine groups is 1. The molecular formula is C30H26F4N4O2. The Morgan fingerprint density at radius 3 is 2.35 bits per heavy atom. The molecule has 2 fully saturated rings. The van der Waals surface area contributed by atoms with Crippen molar-refractivity contribution in [2.75, 3.05) is 19.6 Å². The second kappa shape index (κ2) is 10.1. The van der Waals surface area contributed by atoms with Crippen LogP contribution in [0.25, 0.3) is 11.1 Å². The summed E-state index contributed by atoms with van der Waals surface area (Å²) in [6, 6.07) is 19.5. The van der Waals surface area contributed by atoms with Crippen LogP contribution in [-0.2, 0) is 16.4 Å². The van der Waals surface area contributed by atoms with Crippen molar-refractivity contribution >= 4 is 17.5 Å². The van der Waals surface area contributed by atoms with Gasteiger partial charge in [-0.15, -0.1) is 0 Å². The molecule has 1 saturated heterocycles. The van der Waals surface area contributed by atoms with E-state index in [0.717, 1.165) is 28.8 Å². The maximum absolute atomic E-state index is 14.3. The highest BCUT2D eigenvalue weighted by Gasteiger charge is 2.70. The van der Waals surface area contributed by atoms with E-state index in [1.54, 1.807) is 18.2 Å². The van der Waals surface area contributed by atoms with Gasteiger partial charge in [-0.2, -0.15) is 18.4 Å². The number of nitrogens with zero attached hydrogens (tertiary/aromatic N) is 3. The quantitative estimate of drug-likeness (QED) is 0.227. The molecule has 206 valence electrons. The second-order valence-electron chi connectivity index (χ2n) is 10.5. The van der Waals surface area contributed by atoms with Crippen molar-refractivity contribution in [2.24, 2.45) is 16.1 Å². The molecule has 3 aromatic rings. The zero-order chi connectivity index (χ0) is 28.7. The standard InChI is InChI=1S/C30H26F4N4O2/c31-25-15-23(8-9-24(25)30(32,33)34)37-27(36)29(18-28(29)10-12-38(13-11-28)17-26(39)40)22-6-4-20(5-7-22)21-3-1-2-19(14-21)16-35/h1-9,14-15H,10-13,17-18H2,(H2,36,37)(H,39,40). The van der Waals surface area contributed by atoms with E-state index in [4.69, 9.17) is 5.73 Å². The normalized spacial score (nSPS) is 20.7. The fraction of sp³-hybridized carbons (Fsp3) is 0.300. The van der Waals surface area contributed by atoms with Crippen LogP contribution in [0.2, 0.25) is 0 Å². The number of benzene rings is 3. The number of nitrogens with two attached hydrogens (primary N) is 1. The van der Waals surface area contributed by atoms with Crippen LogP contribution in [0.1, 0.15) is 36.0 Å². The molecule has 1 saturated carbocycles. The Morgan fingerprint density at radius 1 is 1.05 bits per heavy atom. The summed E-state index contributed by atoms with van der Waals surface area (Å²) in [5.41, 5.74) is 7.34. The Kier molecular flexibility index (Phi) is 6.88. The van der Waals surface area contributed by atoms with Crippen LogP contribution in [0, 0.1) is 22.6 Å². The molecule has 1 spiro atoms. The van der Waals surface area contributed by atoms with Gasteiger partial charge >= 0.3 is 12.1 Å². The third-order valence-electron chi connectivity index (χ3n) is 8.20. The zero-order valence-corrected chi connectivity index (χ0v) is 21.4. The van der Waals surface area contributed by atoms with Crippen molar-refractivity contribution in [3.8, 4) is 17.2 Å². The summed E-state index contributed by atoms with van der Waals surface area (Å²) in [4.78, 5) is 17.5. The molecule has 0 amide bonds. The highest BCUT2D eigenvalue weighted by atomic mass is 19.4. The van der Waals surface area contributed by atoms with Crippen molar-refractivity contribution in [1.82, 2.24) is 4.90 Å². The zero-order valence-electron chi connectivity index (χ0n) is 21.4. The Hall–Kier alpha value is -4.23. The first kappa shape index (κ1) is 27.3. The highest BCUT2D eigenvalue weighted by molar-refractivity contribution is 5.98. The van der Waals surface area contributed by atoms with E-state index < -0.39 is 28.9 Å². The number of piperidine rings is 1. The van der Waals surface area contributed by atoms with Gasteiger partial charge in [-0.1, -0.05) is 36.4 Å². The van der Waals surface area contributed by atoms with Gasteiger partial charge in [0.1, 0.15) is 11.7 Å². The molecule has 0 bridgehead atoms. The van der Waals surface area contributed by atoms with Gasteiger partial charge in [0, 0.05) is 6.07 Å². The van der Waals surface area contributed by atoms with Crippen LogP contribution in [0.3, 0.4) is 0 Å². The molecule has 1 atom stereocenters. The number of carboxylic acid groups (broad SMARTS) is 1. The minimum absolute atomic E-state index is 0.0160. The van der Waals surface area contributed by atoms with Crippen LogP contribution >= 0.6 is 0 Å². The first-order valence-corrected chi connectivity index (χ1v) is 12.7. The Labute approximate surface area is 228 Å². The molecular weight excluding hydrogens is 524 g/mol. The number of likely N-dealkylation sites (tertiary alicyclic amines) is 1. The molecule has 1 unspecified atom stereocenters. The number of halogens is 4. The average Bonchev–Trinajstić information content (AvgIpc) is 3.58. The summed E-state index contributed by atoms with van der Waals surface area (Å²) in [5, 5.41) is 18.4. The van der Waals surface area contributed by atoms with Crippen molar-refractivity contribution in [1.29, 1.82) is 5.26 Å². The topological polar surface area (TPSA) is 103 Å². The molecule has 40 heavy (non-hydrogen) atoms. The van der Waals surface area contributed by atoms with Gasteiger partial charge in [0.2, 0.25) is 0 Å². The molecule has 5 rings (SSSR count). The summed E-state index contributed by atoms with van der Waals surface area (Å²) < 4.78 is 53.4. The first-order valence-electron chi connectivity index (χ1n) is 12.7. The number of carbonyl (C=O) groups is 1. The van der Waals surface area contributed by atoms with Crippen LogP contribution in [0.15, 0.2) is 71.7 Å². The number of aliphatic imine (C=N–C) groups is 1. The minimum atomic E-state index is -4.82. The molecule has 0 radical (unpaired) electrons. The van der Waals surface area contributed by atoms with E-state index >= 15 is 0 Å². The SMILES string of the molecule is N#Cc1cccc(-c2ccc(C3(C(N)=Nc4ccc(C(F)(F)F)c(F)c4)CC34CCN(CC(=O)O)CC4)cc2)c1. The third-order valence-corrected chi connectivity index (χ3v) is 8.20. The molecule has 10 heteroatoms. The summed E-state index contributed by atoms with van der Waals surface area (Å²) >= 11 is 0. The summed E-state index contributed by atoms with van der Waals surface area (Å²) in [6.07, 6.45) is -2.88. The molecule has 2 aliphatic rings. The van der Waals surface area contributed by atoms with Gasteiger partial charge in [0.05, 0.1) is 34.8 Å². The second-order valence-corrected chi connectivity index (χ2v) is 10.5. The summed E-state index contributed by atoms with van der Waals surface area (Å²) in [7, 11) is 0. The maximum Gasteiger partial charge on any atom is 0.419 e. The van der Waals surface area contributed by atoms with Crippen LogP contribution in [0.4, 0.5) is 23.2 Å². The van der Waals surface area contributed by atoms with Crippen LogP contribution in [0.5, 0.6) is 0 Å². The predicted molar refractivity (Wildman–Crippen MR) is 141 cm³/mol. The highest BCUT2D eigenvalue weighted by Crippen LogP contribution is 2.70. The lowest BCUT2D eigenvalue weighted by molar-refractivity contribution is -0.140. The molecule has 1 aliphatic carbocycles. The smallest absolute Gasteiger partial charge is 0.419 e. The lowest BCUT2D eigenvalue weighted by Gasteiger charge is -2.35. The van der Waals surface area contributed by atoms with Gasteiger partial charge in [-0.05, 0) is 78.7 Å². The minimum Gasteiger partial charge on any atom is -0.480 e. The van der Waals surface area contributed by atoms with Gasteiger partial charge in [0.25, 0.3) is 0 Å². The van der Waals surface area contributed by atoms with E-state index in [0.29, 0.717) is 44.0 Å². The van der Waals surface area contributed by atoms with Crippen LogP contribution in [-0.4, -0.2) is 41.4 Å². The summed E-state index contributed by atoms with van der Waals surface area (Å²) in [5.74, 6) is -2.15. The Bertz CT molecular complexity index is 1520. The Balaban J connectivity index is 1.51. The number of carboxylic acids is 1. The molecule has 0 aromatic heterocycles. The Morgan fingerprint density at radius 2 is 1.75 bits per heavy atom. The van der Waals surface area contributed by atoms with Gasteiger partial charge < -0.3 is 10.8 Å². The van der Waals surface area contributed by atoms with Crippen molar-refractivity contribution in [3.63, 3.8) is 0 Å². The van der Waals surface area contributed by atoms with E-state index in [1.807, 2.05) is 35.2 Å². The van der Waals surface area contributed by atoms with Crippen molar-refractivity contribution in [3.05, 3.63) is 89.2 Å². The van der Waals surface area contributed by atoms with Gasteiger partial charge in [0.15, 0.2) is 0 Å². The largest absolute Gasteiger partial charge is 0.480 e. The number of hydrogen-bond acceptors (Lipinski definition) is 4. The average molecular weight is 551 g/mol. The molecule has 1 heterocycles. The third kappa shape index (κ3) is 4.93. The predicted octanol–water partition coefficient (Wildman–Crippen LogP) is 5.88. The maximum atomic E-state index is 14.3. The first-order chi connectivity index (χ1) is 19.0. The monoisotopic (exact) mass is 550 g/mol. The number of hydrogen-bond donors (Lipinski definition) is 2. The van der Waals surface area contributed by atoms with E-state index in [-0.39, 0.29) is 23.5 Å². The number of rotatable bonds is 6. The molecule has 3 aromatic carbocycles. The fourth-order valence-electron chi connectivity index (χ4n) is 6.07. The summed E-state index contributed by atoms with van der Waals surface area (Å²) in [6.45, 7) is 1.04. The number of nitriles is 1. The van der Waals surface area contributed by atoms with Gasteiger partial charge in [-0.3, -0.25) is 9.69 Å². The molecule has 1 aliphatic heterocycles. The molecule has 6 nitrogen and oxygen atoms in total.